The molecule has 128 valence electrons. The monoisotopic (exact) mass is 451 g/mol. The van der Waals surface area contributed by atoms with Gasteiger partial charge in [0.1, 0.15) is 0 Å². The number of hydrogen-bond donors (Lipinski definition) is 0. The second-order valence-electron chi connectivity index (χ2n) is 6.27. The minimum absolute atomic E-state index is 0. The Bertz CT molecular complexity index is 637. The second kappa shape index (κ2) is 8.93. The zero-order valence-corrected chi connectivity index (χ0v) is 17.0. The van der Waals surface area contributed by atoms with Gasteiger partial charge in [-0.05, 0) is 37.1 Å². The lowest BCUT2D eigenvalue weighted by Gasteiger charge is -2.41. The maximum absolute atomic E-state index is 12.7. The summed E-state index contributed by atoms with van der Waals surface area (Å²) >= 11 is 3.39. The van der Waals surface area contributed by atoms with E-state index in [-0.39, 0.29) is 22.4 Å². The largest absolute Gasteiger partial charge is 0.299 e. The summed E-state index contributed by atoms with van der Waals surface area (Å²) in [6.07, 6.45) is 1.79. The molecule has 1 fully saturated rings. The van der Waals surface area contributed by atoms with Crippen molar-refractivity contribution in [3.8, 4) is 0 Å². The number of ketones is 1. The molecule has 0 radical (unpaired) electrons. The van der Waals surface area contributed by atoms with Crippen LogP contribution in [0.25, 0.3) is 0 Å². The van der Waals surface area contributed by atoms with Crippen LogP contribution in [0.2, 0.25) is 0 Å². The molecule has 0 bridgehead atoms. The van der Waals surface area contributed by atoms with Crippen molar-refractivity contribution in [2.24, 2.45) is 0 Å². The number of rotatable bonds is 5. The molecule has 24 heavy (non-hydrogen) atoms. The van der Waals surface area contributed by atoms with Gasteiger partial charge in [0.05, 0.1) is 10.7 Å². The fraction of sp³-hybridized carbons (Fsp3) is 0.350. The first kappa shape index (κ1) is 19.4. The minimum atomic E-state index is -0.321. The Kier molecular flexibility index (Phi) is 7.20. The predicted molar refractivity (Wildman–Crippen MR) is 108 cm³/mol. The molecule has 1 aliphatic heterocycles. The van der Waals surface area contributed by atoms with E-state index in [0.29, 0.717) is 11.1 Å². The van der Waals surface area contributed by atoms with Gasteiger partial charge in [-0.25, -0.2) is 0 Å². The molecule has 2 nitrogen and oxygen atoms in total. The van der Waals surface area contributed by atoms with Crippen molar-refractivity contribution in [2.75, 3.05) is 18.4 Å². The van der Waals surface area contributed by atoms with Crippen molar-refractivity contribution in [1.29, 1.82) is 0 Å². The fourth-order valence-electron chi connectivity index (χ4n) is 3.55. The lowest BCUT2D eigenvalue weighted by Crippen LogP contribution is -2.47. The summed E-state index contributed by atoms with van der Waals surface area (Å²) in [5.74, 6) is 0.308. The van der Waals surface area contributed by atoms with Crippen LogP contribution in [-0.2, 0) is 16.8 Å². The second-order valence-corrected chi connectivity index (χ2v) is 6.83. The van der Waals surface area contributed by atoms with E-state index in [1.807, 2.05) is 18.2 Å². The van der Waals surface area contributed by atoms with Gasteiger partial charge in [-0.15, -0.1) is 17.0 Å². The van der Waals surface area contributed by atoms with Crippen molar-refractivity contribution in [3.63, 3.8) is 0 Å². The smallest absolute Gasteiger partial charge is 0.153 e. The topological polar surface area (TPSA) is 20.3 Å². The molecule has 0 spiro atoms. The molecule has 2 aromatic carbocycles. The van der Waals surface area contributed by atoms with E-state index in [0.717, 1.165) is 32.5 Å². The molecule has 3 rings (SSSR count). The molecule has 0 aromatic heterocycles. The maximum atomic E-state index is 12.7. The maximum Gasteiger partial charge on any atom is 0.153 e. The van der Waals surface area contributed by atoms with Crippen molar-refractivity contribution < 1.29 is 4.79 Å². The fourth-order valence-corrected chi connectivity index (χ4v) is 4.08. The van der Waals surface area contributed by atoms with E-state index in [4.69, 9.17) is 0 Å². The first-order chi connectivity index (χ1) is 11.2. The van der Waals surface area contributed by atoms with Gasteiger partial charge in [0.15, 0.2) is 5.78 Å². The Morgan fingerprint density at radius 1 is 0.958 bits per heavy atom. The van der Waals surface area contributed by atoms with E-state index in [2.05, 4.69) is 63.3 Å². The van der Waals surface area contributed by atoms with Gasteiger partial charge in [-0.2, -0.15) is 0 Å². The van der Waals surface area contributed by atoms with Crippen LogP contribution in [0.4, 0.5) is 0 Å². The van der Waals surface area contributed by atoms with E-state index >= 15 is 0 Å². The summed E-state index contributed by atoms with van der Waals surface area (Å²) in [6, 6.07) is 20.9. The highest BCUT2D eigenvalue weighted by molar-refractivity contribution is 9.09. The first-order valence-electron chi connectivity index (χ1n) is 8.16. The highest BCUT2D eigenvalue weighted by Crippen LogP contribution is 2.37. The Morgan fingerprint density at radius 3 is 2.04 bits per heavy atom. The Morgan fingerprint density at radius 2 is 1.50 bits per heavy atom. The number of likely N-dealkylation sites (tertiary alicyclic amines) is 1. The number of nitrogens with zero attached hydrogens (tertiary/aromatic N) is 1. The molecule has 0 amide bonds. The van der Waals surface area contributed by atoms with Gasteiger partial charge in [0.25, 0.3) is 0 Å². The van der Waals surface area contributed by atoms with Crippen LogP contribution >= 0.6 is 32.9 Å². The number of alkyl halides is 1. The molecule has 0 N–H and O–H groups in total. The van der Waals surface area contributed by atoms with Crippen molar-refractivity contribution in [2.45, 2.75) is 24.8 Å². The van der Waals surface area contributed by atoms with Crippen LogP contribution in [0.15, 0.2) is 60.7 Å². The number of Topliss-reactive ketones (excluding diaryl/α,β-unsaturated/α-hetero) is 1. The summed E-state index contributed by atoms with van der Waals surface area (Å²) < 4.78 is 0. The lowest BCUT2D eigenvalue weighted by atomic mass is 9.70. The number of benzene rings is 2. The van der Waals surface area contributed by atoms with E-state index in [1.54, 1.807) is 0 Å². The Balaban J connectivity index is 0.00000208. The minimum Gasteiger partial charge on any atom is -0.299 e. The van der Waals surface area contributed by atoms with Crippen LogP contribution in [0.1, 0.15) is 24.0 Å². The highest BCUT2D eigenvalue weighted by Gasteiger charge is 2.41. The van der Waals surface area contributed by atoms with Gasteiger partial charge >= 0.3 is 0 Å². The first-order valence-corrected chi connectivity index (χ1v) is 9.28. The summed E-state index contributed by atoms with van der Waals surface area (Å²) in [5.41, 5.74) is 2.19. The van der Waals surface area contributed by atoms with E-state index < -0.39 is 0 Å². The Labute approximate surface area is 163 Å². The molecule has 0 saturated carbocycles. The molecule has 4 heteroatoms. The predicted octanol–water partition coefficient (Wildman–Crippen LogP) is 4.76. The average molecular weight is 453 g/mol. The number of carbonyl (C=O) groups excluding carboxylic acids is 1. The van der Waals surface area contributed by atoms with Crippen LogP contribution in [0.5, 0.6) is 0 Å². The highest BCUT2D eigenvalue weighted by atomic mass is 79.9. The van der Waals surface area contributed by atoms with E-state index in [1.165, 1.54) is 11.1 Å². The van der Waals surface area contributed by atoms with Crippen LogP contribution in [0, 0.1) is 0 Å². The van der Waals surface area contributed by atoms with Gasteiger partial charge in [-0.1, -0.05) is 76.6 Å². The third kappa shape index (κ3) is 4.16. The zero-order chi connectivity index (χ0) is 16.1. The summed E-state index contributed by atoms with van der Waals surface area (Å²) in [7, 11) is 0. The van der Waals surface area contributed by atoms with Crippen molar-refractivity contribution in [1.82, 2.24) is 4.90 Å². The van der Waals surface area contributed by atoms with Gasteiger partial charge in [-0.3, -0.25) is 9.69 Å². The van der Waals surface area contributed by atoms with Crippen molar-refractivity contribution in [3.05, 3.63) is 71.8 Å². The summed E-state index contributed by atoms with van der Waals surface area (Å²) in [5, 5.41) is 0.431. The number of carbonyl (C=O) groups is 1. The van der Waals surface area contributed by atoms with Gasteiger partial charge < -0.3 is 0 Å². The van der Waals surface area contributed by atoms with Gasteiger partial charge in [0, 0.05) is 6.54 Å². The third-order valence-electron chi connectivity index (χ3n) is 4.94. The molecule has 0 aliphatic carbocycles. The number of hydrogen-bond acceptors (Lipinski definition) is 2. The van der Waals surface area contributed by atoms with E-state index in [9.17, 15) is 4.79 Å². The molecular weight excluding hydrogens is 430 g/mol. The molecule has 0 atom stereocenters. The standard InChI is InChI=1S/C20H22BrNO.BrH/c21-15-19(23)20(18-9-5-2-6-10-18)11-13-22(14-12-20)16-17-7-3-1-4-8-17;/h1-10H,11-16H2;1H. The lowest BCUT2D eigenvalue weighted by molar-refractivity contribution is -0.123. The quantitative estimate of drug-likeness (QED) is 0.609. The molecule has 0 unspecified atom stereocenters. The zero-order valence-electron chi connectivity index (χ0n) is 13.7. The molecular formula is C20H23Br2NO. The molecule has 2 aromatic rings. The van der Waals surface area contributed by atoms with Crippen LogP contribution < -0.4 is 0 Å². The van der Waals surface area contributed by atoms with Crippen molar-refractivity contribution >= 4 is 38.7 Å². The molecule has 1 heterocycles. The normalized spacial score (nSPS) is 17.0. The van der Waals surface area contributed by atoms with Crippen LogP contribution in [0.3, 0.4) is 0 Å². The summed E-state index contributed by atoms with van der Waals surface area (Å²) in [6.45, 7) is 2.89. The van der Waals surface area contributed by atoms with Crippen LogP contribution in [-0.4, -0.2) is 29.1 Å². The number of halogens is 2. The third-order valence-corrected chi connectivity index (χ3v) is 5.45. The number of piperidine rings is 1. The SMILES string of the molecule is Br.O=C(CBr)C1(c2ccccc2)CCN(Cc2ccccc2)CC1. The molecule has 1 saturated heterocycles. The Hall–Kier alpha value is -0.970. The summed E-state index contributed by atoms with van der Waals surface area (Å²) in [4.78, 5) is 15.1. The van der Waals surface area contributed by atoms with Gasteiger partial charge in [0.2, 0.25) is 0 Å². The molecule has 1 aliphatic rings. The average Bonchev–Trinajstić information content (AvgIpc) is 2.63.